The molecule has 122 valence electrons. The number of hydrogen-bond donors (Lipinski definition) is 1. The van der Waals surface area contributed by atoms with E-state index in [1.807, 2.05) is 0 Å². The Kier molecular flexibility index (Phi) is 4.46. The Labute approximate surface area is 137 Å². The molecule has 1 amide bonds. The van der Waals surface area contributed by atoms with Gasteiger partial charge in [-0.2, -0.15) is 4.68 Å². The molecule has 0 aliphatic rings. The second-order valence-corrected chi connectivity index (χ2v) is 4.87. The molecule has 0 saturated carbocycles. The summed E-state index contributed by atoms with van der Waals surface area (Å²) in [5, 5.41) is 14.0. The lowest BCUT2D eigenvalue weighted by Gasteiger charge is -2.07. The van der Waals surface area contributed by atoms with E-state index in [1.54, 1.807) is 37.4 Å². The first kappa shape index (κ1) is 15.6. The van der Waals surface area contributed by atoms with Gasteiger partial charge in [-0.05, 0) is 46.8 Å². The average molecular weight is 327 g/mol. The maximum Gasteiger partial charge on any atom is 0.254 e. The number of nitrogens with one attached hydrogen (secondary N) is 1. The van der Waals surface area contributed by atoms with E-state index in [4.69, 9.17) is 4.74 Å². The molecular formula is C16H14FN5O2. The van der Waals surface area contributed by atoms with Gasteiger partial charge in [0, 0.05) is 0 Å². The predicted octanol–water partition coefficient (Wildman–Crippen LogP) is 1.74. The third-order valence-corrected chi connectivity index (χ3v) is 3.38. The number of carbonyl (C=O) groups is 1. The zero-order valence-corrected chi connectivity index (χ0v) is 12.8. The number of hydrogen-bond acceptors (Lipinski definition) is 5. The van der Waals surface area contributed by atoms with E-state index in [0.29, 0.717) is 11.6 Å². The maximum atomic E-state index is 13.6. The highest BCUT2D eigenvalue weighted by molar-refractivity contribution is 5.94. The van der Waals surface area contributed by atoms with Gasteiger partial charge in [0.2, 0.25) is 0 Å². The van der Waals surface area contributed by atoms with Crippen molar-refractivity contribution in [3.63, 3.8) is 0 Å². The van der Waals surface area contributed by atoms with Gasteiger partial charge >= 0.3 is 0 Å². The second kappa shape index (κ2) is 6.86. The summed E-state index contributed by atoms with van der Waals surface area (Å²) in [6.07, 6.45) is 0. The van der Waals surface area contributed by atoms with Crippen LogP contribution in [0.5, 0.6) is 5.75 Å². The minimum absolute atomic E-state index is 0.0269. The first-order valence-electron chi connectivity index (χ1n) is 7.13. The van der Waals surface area contributed by atoms with E-state index in [-0.39, 0.29) is 12.1 Å². The lowest BCUT2D eigenvalue weighted by atomic mass is 10.2. The SMILES string of the molecule is COc1ccc(-n2nnnc2CNC(=O)c2ccccc2F)cc1. The predicted molar refractivity (Wildman–Crippen MR) is 83.3 cm³/mol. The molecule has 0 unspecified atom stereocenters. The lowest BCUT2D eigenvalue weighted by molar-refractivity contribution is 0.0945. The summed E-state index contributed by atoms with van der Waals surface area (Å²) in [6, 6.07) is 12.9. The summed E-state index contributed by atoms with van der Waals surface area (Å²) in [7, 11) is 1.58. The zero-order chi connectivity index (χ0) is 16.9. The van der Waals surface area contributed by atoms with Crippen LogP contribution in [0, 0.1) is 5.82 Å². The van der Waals surface area contributed by atoms with Gasteiger partial charge in [0.1, 0.15) is 11.6 Å². The van der Waals surface area contributed by atoms with Gasteiger partial charge < -0.3 is 10.1 Å². The summed E-state index contributed by atoms with van der Waals surface area (Å²) >= 11 is 0. The van der Waals surface area contributed by atoms with Crippen LogP contribution in [0.4, 0.5) is 4.39 Å². The number of tetrazole rings is 1. The molecule has 2 aromatic carbocycles. The molecule has 3 aromatic rings. The quantitative estimate of drug-likeness (QED) is 0.772. The summed E-state index contributed by atoms with van der Waals surface area (Å²) < 4.78 is 20.2. The van der Waals surface area contributed by atoms with Gasteiger partial charge in [-0.15, -0.1) is 5.10 Å². The van der Waals surface area contributed by atoms with Crippen LogP contribution in [0.2, 0.25) is 0 Å². The van der Waals surface area contributed by atoms with Crippen LogP contribution in [-0.4, -0.2) is 33.2 Å². The Bertz CT molecular complexity index is 848. The van der Waals surface area contributed by atoms with Gasteiger partial charge in [-0.1, -0.05) is 12.1 Å². The van der Waals surface area contributed by atoms with Crippen molar-refractivity contribution >= 4 is 5.91 Å². The molecule has 0 bridgehead atoms. The number of nitrogens with zero attached hydrogens (tertiary/aromatic N) is 4. The summed E-state index contributed by atoms with van der Waals surface area (Å²) in [5.41, 5.74) is 0.692. The largest absolute Gasteiger partial charge is 0.497 e. The van der Waals surface area contributed by atoms with Gasteiger partial charge in [-0.3, -0.25) is 4.79 Å². The van der Waals surface area contributed by atoms with Crippen molar-refractivity contribution in [2.75, 3.05) is 7.11 Å². The third-order valence-electron chi connectivity index (χ3n) is 3.38. The van der Waals surface area contributed by atoms with Gasteiger partial charge in [0.15, 0.2) is 5.82 Å². The fourth-order valence-electron chi connectivity index (χ4n) is 2.14. The molecule has 0 aliphatic carbocycles. The minimum atomic E-state index is -0.579. The number of aromatic nitrogens is 4. The number of benzene rings is 2. The van der Waals surface area contributed by atoms with E-state index >= 15 is 0 Å². The molecule has 3 rings (SSSR count). The summed E-state index contributed by atoms with van der Waals surface area (Å²) in [4.78, 5) is 12.0. The zero-order valence-electron chi connectivity index (χ0n) is 12.8. The third kappa shape index (κ3) is 3.22. The monoisotopic (exact) mass is 327 g/mol. The van der Waals surface area contributed by atoms with Crippen LogP contribution in [0.15, 0.2) is 48.5 Å². The van der Waals surface area contributed by atoms with Crippen LogP contribution in [-0.2, 0) is 6.54 Å². The summed E-state index contributed by atoms with van der Waals surface area (Å²) in [6.45, 7) is 0.0617. The van der Waals surface area contributed by atoms with Crippen LogP contribution >= 0.6 is 0 Å². The van der Waals surface area contributed by atoms with Crippen molar-refractivity contribution < 1.29 is 13.9 Å². The van der Waals surface area contributed by atoms with Crippen molar-refractivity contribution in [2.45, 2.75) is 6.54 Å². The highest BCUT2D eigenvalue weighted by Gasteiger charge is 2.13. The Balaban J connectivity index is 1.74. The molecular weight excluding hydrogens is 313 g/mol. The molecule has 24 heavy (non-hydrogen) atoms. The molecule has 1 heterocycles. The minimum Gasteiger partial charge on any atom is -0.497 e. The highest BCUT2D eigenvalue weighted by Crippen LogP contribution is 2.15. The van der Waals surface area contributed by atoms with E-state index in [0.717, 1.165) is 5.69 Å². The number of methoxy groups -OCH3 is 1. The topological polar surface area (TPSA) is 81.9 Å². The van der Waals surface area contributed by atoms with E-state index in [1.165, 1.54) is 22.9 Å². The Morgan fingerprint density at radius 2 is 1.96 bits per heavy atom. The van der Waals surface area contributed by atoms with E-state index in [9.17, 15) is 9.18 Å². The van der Waals surface area contributed by atoms with E-state index < -0.39 is 11.7 Å². The number of amides is 1. The van der Waals surface area contributed by atoms with Crippen LogP contribution in [0.1, 0.15) is 16.2 Å². The van der Waals surface area contributed by atoms with Crippen LogP contribution < -0.4 is 10.1 Å². The molecule has 0 aliphatic heterocycles. The standard InChI is InChI=1S/C16H14FN5O2/c1-24-12-8-6-11(7-9-12)22-15(19-20-21-22)10-18-16(23)13-4-2-3-5-14(13)17/h2-9H,10H2,1H3,(H,18,23). The Hall–Kier alpha value is -3.29. The molecule has 8 heteroatoms. The molecule has 1 N–H and O–H groups in total. The normalized spacial score (nSPS) is 10.4. The van der Waals surface area contributed by atoms with Crippen LogP contribution in [0.25, 0.3) is 5.69 Å². The maximum absolute atomic E-state index is 13.6. The van der Waals surface area contributed by atoms with Crippen molar-refractivity contribution in [3.05, 3.63) is 65.7 Å². The Morgan fingerprint density at radius 3 is 2.67 bits per heavy atom. The van der Waals surface area contributed by atoms with Crippen LogP contribution in [0.3, 0.4) is 0 Å². The molecule has 0 radical (unpaired) electrons. The van der Waals surface area contributed by atoms with Crippen molar-refractivity contribution in [2.24, 2.45) is 0 Å². The molecule has 0 fully saturated rings. The van der Waals surface area contributed by atoms with Crippen molar-refractivity contribution in [1.29, 1.82) is 0 Å². The number of halogens is 1. The fraction of sp³-hybridized carbons (Fsp3) is 0.125. The van der Waals surface area contributed by atoms with Gasteiger partial charge in [-0.25, -0.2) is 4.39 Å². The summed E-state index contributed by atoms with van der Waals surface area (Å²) in [5.74, 6) is 0.0215. The van der Waals surface area contributed by atoms with Gasteiger partial charge in [0.05, 0.1) is 24.9 Å². The number of ether oxygens (including phenoxy) is 1. The Morgan fingerprint density at radius 1 is 1.21 bits per heavy atom. The number of carbonyl (C=O) groups excluding carboxylic acids is 1. The molecule has 0 saturated heterocycles. The number of rotatable bonds is 5. The van der Waals surface area contributed by atoms with Crippen molar-refractivity contribution in [1.82, 2.24) is 25.5 Å². The first-order valence-corrected chi connectivity index (χ1v) is 7.13. The molecule has 0 atom stereocenters. The van der Waals surface area contributed by atoms with Gasteiger partial charge in [0.25, 0.3) is 5.91 Å². The average Bonchev–Trinajstić information content (AvgIpc) is 3.08. The second-order valence-electron chi connectivity index (χ2n) is 4.87. The van der Waals surface area contributed by atoms with E-state index in [2.05, 4.69) is 20.8 Å². The first-order chi connectivity index (χ1) is 11.7. The molecule has 1 aromatic heterocycles. The highest BCUT2D eigenvalue weighted by atomic mass is 19.1. The fourth-order valence-corrected chi connectivity index (χ4v) is 2.14. The van der Waals surface area contributed by atoms with Crippen molar-refractivity contribution in [3.8, 4) is 11.4 Å². The molecule has 7 nitrogen and oxygen atoms in total. The molecule has 0 spiro atoms. The lowest BCUT2D eigenvalue weighted by Crippen LogP contribution is -2.25. The smallest absolute Gasteiger partial charge is 0.254 e.